The number of phenolic OH excluding ortho intramolecular Hbond substituents is 2. The van der Waals surface area contributed by atoms with Gasteiger partial charge in [-0.15, -0.1) is 0 Å². The Balaban J connectivity index is 1.58. The molecule has 0 unspecified atom stereocenters. The van der Waals surface area contributed by atoms with Gasteiger partial charge in [0.25, 0.3) is 0 Å². The Morgan fingerprint density at radius 3 is 2.65 bits per heavy atom. The molecule has 2 aliphatic rings. The number of hydrogen-bond donors (Lipinski definition) is 3. The summed E-state index contributed by atoms with van der Waals surface area (Å²) < 4.78 is 0. The van der Waals surface area contributed by atoms with Crippen molar-refractivity contribution in [3.63, 3.8) is 0 Å². The number of para-hydroxylation sites is 1. The van der Waals surface area contributed by atoms with Crippen molar-refractivity contribution in [3.8, 4) is 11.5 Å². The summed E-state index contributed by atoms with van der Waals surface area (Å²) in [6, 6.07) is 4.61. The summed E-state index contributed by atoms with van der Waals surface area (Å²) in [5.74, 6) is 0.755. The molecular weight excluding hydrogens is 256 g/mol. The van der Waals surface area contributed by atoms with Gasteiger partial charge in [-0.05, 0) is 36.8 Å². The number of fused-ring (bicyclic) bond motifs is 1. The number of nitrogens with zero attached hydrogens (tertiary/aromatic N) is 1. The van der Waals surface area contributed by atoms with Crippen LogP contribution >= 0.6 is 0 Å². The predicted octanol–water partition coefficient (Wildman–Crippen LogP) is 1.98. The number of hydrogen-bond acceptors (Lipinski definition) is 4. The molecule has 0 saturated heterocycles. The van der Waals surface area contributed by atoms with Crippen LogP contribution in [-0.4, -0.2) is 22.3 Å². The number of benzene rings is 1. The number of rotatable bonds is 3. The molecule has 2 fully saturated rings. The van der Waals surface area contributed by atoms with E-state index in [1.54, 1.807) is 12.1 Å². The number of amides is 1. The van der Waals surface area contributed by atoms with Crippen molar-refractivity contribution >= 4 is 12.1 Å². The van der Waals surface area contributed by atoms with E-state index in [1.165, 1.54) is 25.1 Å². The van der Waals surface area contributed by atoms with Gasteiger partial charge in [0, 0.05) is 11.5 Å². The molecule has 106 valence electrons. The number of hydrazone groups is 1. The predicted molar refractivity (Wildman–Crippen MR) is 74.4 cm³/mol. The summed E-state index contributed by atoms with van der Waals surface area (Å²) in [7, 11) is 0. The summed E-state index contributed by atoms with van der Waals surface area (Å²) in [6.07, 6.45) is 6.11. The van der Waals surface area contributed by atoms with Crippen LogP contribution in [0.2, 0.25) is 0 Å². The molecule has 0 aromatic heterocycles. The molecule has 3 N–H and O–H groups in total. The van der Waals surface area contributed by atoms with Crippen molar-refractivity contribution < 1.29 is 15.0 Å². The van der Waals surface area contributed by atoms with Crippen LogP contribution in [0.3, 0.4) is 0 Å². The lowest BCUT2D eigenvalue weighted by Gasteiger charge is -2.04. The SMILES string of the molecule is O=C(NN=Cc1cccc(O)c1O)C1[C@H]2CCCC[C@H]12. The lowest BCUT2D eigenvalue weighted by Crippen LogP contribution is -2.20. The van der Waals surface area contributed by atoms with Crippen LogP contribution in [0, 0.1) is 17.8 Å². The molecule has 0 heterocycles. The van der Waals surface area contributed by atoms with E-state index in [1.807, 2.05) is 0 Å². The minimum absolute atomic E-state index is 0.0298. The van der Waals surface area contributed by atoms with E-state index in [4.69, 9.17) is 0 Å². The number of phenols is 2. The maximum absolute atomic E-state index is 12.0. The van der Waals surface area contributed by atoms with E-state index in [0.717, 1.165) is 12.8 Å². The third kappa shape index (κ3) is 2.35. The van der Waals surface area contributed by atoms with Gasteiger partial charge in [-0.2, -0.15) is 5.10 Å². The molecule has 1 aromatic rings. The van der Waals surface area contributed by atoms with Crippen molar-refractivity contribution in [2.24, 2.45) is 22.9 Å². The lowest BCUT2D eigenvalue weighted by molar-refractivity contribution is -0.122. The zero-order valence-electron chi connectivity index (χ0n) is 11.1. The van der Waals surface area contributed by atoms with Crippen molar-refractivity contribution in [1.82, 2.24) is 5.43 Å². The average Bonchev–Trinajstić information content (AvgIpc) is 3.18. The molecule has 1 aromatic carbocycles. The zero-order chi connectivity index (χ0) is 14.1. The van der Waals surface area contributed by atoms with Crippen molar-refractivity contribution in [2.75, 3.05) is 0 Å². The summed E-state index contributed by atoms with van der Waals surface area (Å²) >= 11 is 0. The topological polar surface area (TPSA) is 81.9 Å². The highest BCUT2D eigenvalue weighted by Gasteiger charge is 2.54. The first-order valence-electron chi connectivity index (χ1n) is 7.02. The van der Waals surface area contributed by atoms with E-state index in [0.29, 0.717) is 17.4 Å². The Morgan fingerprint density at radius 2 is 1.95 bits per heavy atom. The van der Waals surface area contributed by atoms with Crippen LogP contribution in [0.25, 0.3) is 0 Å². The van der Waals surface area contributed by atoms with Gasteiger partial charge in [0.05, 0.1) is 6.21 Å². The van der Waals surface area contributed by atoms with Crippen LogP contribution in [0.15, 0.2) is 23.3 Å². The van der Waals surface area contributed by atoms with Crippen molar-refractivity contribution in [2.45, 2.75) is 25.7 Å². The smallest absolute Gasteiger partial charge is 0.243 e. The van der Waals surface area contributed by atoms with Crippen LogP contribution in [0.4, 0.5) is 0 Å². The highest BCUT2D eigenvalue weighted by molar-refractivity contribution is 5.87. The van der Waals surface area contributed by atoms with Crippen LogP contribution < -0.4 is 5.43 Å². The summed E-state index contributed by atoms with van der Waals surface area (Å²) in [6.45, 7) is 0. The maximum atomic E-state index is 12.0. The number of carbonyl (C=O) groups excluding carboxylic acids is 1. The first-order valence-corrected chi connectivity index (χ1v) is 7.02. The second-order valence-corrected chi connectivity index (χ2v) is 5.59. The summed E-state index contributed by atoms with van der Waals surface area (Å²) in [4.78, 5) is 12.0. The molecule has 20 heavy (non-hydrogen) atoms. The third-order valence-electron chi connectivity index (χ3n) is 4.38. The second kappa shape index (κ2) is 5.15. The maximum Gasteiger partial charge on any atom is 0.243 e. The molecule has 0 spiro atoms. The Morgan fingerprint density at radius 1 is 1.25 bits per heavy atom. The number of carbonyl (C=O) groups is 1. The fraction of sp³-hybridized carbons (Fsp3) is 0.467. The lowest BCUT2D eigenvalue weighted by atomic mass is 10.0. The average molecular weight is 274 g/mol. The third-order valence-corrected chi connectivity index (χ3v) is 4.38. The molecule has 5 nitrogen and oxygen atoms in total. The molecule has 1 amide bonds. The second-order valence-electron chi connectivity index (χ2n) is 5.59. The molecule has 0 radical (unpaired) electrons. The highest BCUT2D eigenvalue weighted by Crippen LogP contribution is 2.55. The Bertz CT molecular complexity index is 544. The van der Waals surface area contributed by atoms with Crippen LogP contribution in [0.5, 0.6) is 11.5 Å². The van der Waals surface area contributed by atoms with Gasteiger partial charge in [0.1, 0.15) is 0 Å². The molecule has 0 aliphatic heterocycles. The van der Waals surface area contributed by atoms with E-state index in [9.17, 15) is 15.0 Å². The molecule has 0 bridgehead atoms. The normalized spacial score (nSPS) is 28.1. The molecule has 5 heteroatoms. The molecular formula is C15H18N2O3. The van der Waals surface area contributed by atoms with Gasteiger partial charge in [-0.1, -0.05) is 18.9 Å². The van der Waals surface area contributed by atoms with Crippen molar-refractivity contribution in [3.05, 3.63) is 23.8 Å². The molecule has 2 atom stereocenters. The monoisotopic (exact) mass is 274 g/mol. The number of nitrogens with one attached hydrogen (secondary N) is 1. The standard InChI is InChI=1S/C15H18N2O3/c18-12-7-3-4-9(14(12)19)8-16-17-15(20)13-10-5-1-2-6-11(10)13/h3-4,7-8,10-11,13,18-19H,1-2,5-6H2,(H,17,20)/t10-,11-/m0/s1. The molecule has 2 saturated carbocycles. The van der Waals surface area contributed by atoms with Crippen LogP contribution in [-0.2, 0) is 4.79 Å². The first kappa shape index (κ1) is 13.0. The van der Waals surface area contributed by atoms with E-state index in [2.05, 4.69) is 10.5 Å². The van der Waals surface area contributed by atoms with Gasteiger partial charge in [0.15, 0.2) is 11.5 Å². The van der Waals surface area contributed by atoms with E-state index < -0.39 is 0 Å². The van der Waals surface area contributed by atoms with Gasteiger partial charge in [-0.3, -0.25) is 4.79 Å². The Kier molecular flexibility index (Phi) is 3.34. The van der Waals surface area contributed by atoms with Crippen LogP contribution in [0.1, 0.15) is 31.2 Å². The molecule has 3 rings (SSSR count). The van der Waals surface area contributed by atoms with Gasteiger partial charge < -0.3 is 10.2 Å². The summed E-state index contributed by atoms with van der Waals surface area (Å²) in [5.41, 5.74) is 2.91. The fourth-order valence-electron chi connectivity index (χ4n) is 3.27. The highest BCUT2D eigenvalue weighted by atomic mass is 16.3. The Labute approximate surface area is 117 Å². The quantitative estimate of drug-likeness (QED) is 0.448. The van der Waals surface area contributed by atoms with Crippen molar-refractivity contribution in [1.29, 1.82) is 0 Å². The van der Waals surface area contributed by atoms with Gasteiger partial charge >= 0.3 is 0 Å². The van der Waals surface area contributed by atoms with E-state index in [-0.39, 0.29) is 23.3 Å². The largest absolute Gasteiger partial charge is 0.504 e. The van der Waals surface area contributed by atoms with Gasteiger partial charge in [-0.25, -0.2) is 5.43 Å². The molecule has 2 aliphatic carbocycles. The summed E-state index contributed by atoms with van der Waals surface area (Å²) in [5, 5.41) is 22.8. The van der Waals surface area contributed by atoms with Gasteiger partial charge in [0.2, 0.25) is 5.91 Å². The fourth-order valence-corrected chi connectivity index (χ4v) is 3.27. The Hall–Kier alpha value is -2.04. The minimum atomic E-state index is -0.231. The number of aromatic hydroxyl groups is 2. The first-order chi connectivity index (χ1) is 9.68. The minimum Gasteiger partial charge on any atom is -0.504 e. The van der Waals surface area contributed by atoms with E-state index >= 15 is 0 Å². The zero-order valence-corrected chi connectivity index (χ0v) is 11.1.